The normalized spacial score (nSPS) is 20.0. The molecular formula is C18H26N4O2. The van der Waals surface area contributed by atoms with Crippen LogP contribution in [0.25, 0.3) is 0 Å². The molecule has 0 spiro atoms. The van der Waals surface area contributed by atoms with E-state index in [1.54, 1.807) is 16.9 Å². The molecule has 0 saturated carbocycles. The summed E-state index contributed by atoms with van der Waals surface area (Å²) in [5.74, 6) is 0.918. The molecule has 0 unspecified atom stereocenters. The quantitative estimate of drug-likeness (QED) is 0.904. The average Bonchev–Trinajstić information content (AvgIpc) is 3.06. The zero-order valence-corrected chi connectivity index (χ0v) is 14.8. The van der Waals surface area contributed by atoms with Crippen molar-refractivity contribution in [3.63, 3.8) is 0 Å². The van der Waals surface area contributed by atoms with E-state index < -0.39 is 0 Å². The van der Waals surface area contributed by atoms with Crippen LogP contribution < -0.4 is 10.6 Å². The van der Waals surface area contributed by atoms with E-state index in [4.69, 9.17) is 4.42 Å². The maximum Gasteiger partial charge on any atom is 0.287 e. The van der Waals surface area contributed by atoms with Gasteiger partial charge in [-0.05, 0) is 58.7 Å². The summed E-state index contributed by atoms with van der Waals surface area (Å²) >= 11 is 0. The molecule has 6 nitrogen and oxygen atoms in total. The molecule has 0 radical (unpaired) electrons. The summed E-state index contributed by atoms with van der Waals surface area (Å²) in [7, 11) is 0. The lowest BCUT2D eigenvalue weighted by atomic mass is 9.79. The van der Waals surface area contributed by atoms with Crippen molar-refractivity contribution in [3.05, 3.63) is 42.1 Å². The highest BCUT2D eigenvalue weighted by atomic mass is 16.4. The van der Waals surface area contributed by atoms with E-state index in [0.717, 1.165) is 18.6 Å². The molecule has 2 aromatic rings. The van der Waals surface area contributed by atoms with Crippen molar-refractivity contribution in [2.45, 2.75) is 64.2 Å². The van der Waals surface area contributed by atoms with Crippen LogP contribution in [0.2, 0.25) is 0 Å². The Bertz CT molecular complexity index is 684. The highest BCUT2D eigenvalue weighted by molar-refractivity contribution is 5.91. The molecule has 1 amide bonds. The fourth-order valence-electron chi connectivity index (χ4n) is 3.82. The largest absolute Gasteiger partial charge is 0.454 e. The number of aromatic nitrogens is 2. The second kappa shape index (κ2) is 6.09. The van der Waals surface area contributed by atoms with Crippen molar-refractivity contribution in [2.24, 2.45) is 0 Å². The molecule has 0 aromatic carbocycles. The fraction of sp³-hybridized carbons (Fsp3) is 0.556. The number of rotatable bonds is 4. The van der Waals surface area contributed by atoms with Crippen LogP contribution in [0.3, 0.4) is 0 Å². The van der Waals surface area contributed by atoms with E-state index in [-0.39, 0.29) is 23.0 Å². The first kappa shape index (κ1) is 16.8. The van der Waals surface area contributed by atoms with E-state index in [1.807, 2.05) is 18.3 Å². The van der Waals surface area contributed by atoms with Crippen molar-refractivity contribution in [2.75, 3.05) is 0 Å². The Balaban J connectivity index is 1.63. The van der Waals surface area contributed by atoms with E-state index in [0.29, 0.717) is 12.3 Å². The molecule has 0 atom stereocenters. The first-order valence-corrected chi connectivity index (χ1v) is 8.39. The highest BCUT2D eigenvalue weighted by Crippen LogP contribution is 2.28. The van der Waals surface area contributed by atoms with Crippen molar-refractivity contribution in [3.8, 4) is 0 Å². The predicted molar refractivity (Wildman–Crippen MR) is 91.8 cm³/mol. The van der Waals surface area contributed by atoms with Gasteiger partial charge in [0.2, 0.25) is 0 Å². The van der Waals surface area contributed by atoms with Gasteiger partial charge in [-0.3, -0.25) is 9.48 Å². The summed E-state index contributed by atoms with van der Waals surface area (Å²) in [6, 6.07) is 5.54. The minimum atomic E-state index is -0.153. The third-order valence-corrected chi connectivity index (χ3v) is 4.29. The molecule has 2 N–H and O–H groups in total. The monoisotopic (exact) mass is 330 g/mol. The van der Waals surface area contributed by atoms with E-state index in [1.165, 1.54) is 0 Å². The molecule has 6 heteroatoms. The molecule has 0 aliphatic carbocycles. The van der Waals surface area contributed by atoms with Crippen LogP contribution in [-0.4, -0.2) is 32.8 Å². The Morgan fingerprint density at radius 2 is 2.04 bits per heavy atom. The summed E-state index contributed by atoms with van der Waals surface area (Å²) in [4.78, 5) is 12.5. The third kappa shape index (κ3) is 4.06. The number of hydrogen-bond acceptors (Lipinski definition) is 4. The van der Waals surface area contributed by atoms with Crippen LogP contribution in [-0.2, 0) is 6.54 Å². The van der Waals surface area contributed by atoms with Gasteiger partial charge < -0.3 is 15.1 Å². The second-order valence-electron chi connectivity index (χ2n) is 7.94. The summed E-state index contributed by atoms with van der Waals surface area (Å²) in [6.45, 7) is 9.20. The minimum absolute atomic E-state index is 0.00584. The highest BCUT2D eigenvalue weighted by Gasteiger charge is 2.38. The number of hydrogen-bond donors (Lipinski definition) is 2. The summed E-state index contributed by atoms with van der Waals surface area (Å²) in [5.41, 5.74) is -0.0117. The molecule has 1 aliphatic rings. The molecule has 130 valence electrons. The van der Waals surface area contributed by atoms with Crippen LogP contribution in [0, 0.1) is 0 Å². The molecule has 1 saturated heterocycles. The first-order valence-electron chi connectivity index (χ1n) is 8.39. The Morgan fingerprint density at radius 1 is 1.33 bits per heavy atom. The van der Waals surface area contributed by atoms with Gasteiger partial charge in [0.1, 0.15) is 5.76 Å². The number of nitrogens with one attached hydrogen (secondary N) is 2. The van der Waals surface area contributed by atoms with Crippen molar-refractivity contribution in [1.29, 1.82) is 0 Å². The maximum absolute atomic E-state index is 12.5. The second-order valence-corrected chi connectivity index (χ2v) is 7.94. The lowest BCUT2D eigenvalue weighted by Crippen LogP contribution is -2.62. The van der Waals surface area contributed by atoms with E-state index in [9.17, 15) is 4.79 Å². The molecular weight excluding hydrogens is 304 g/mol. The topological polar surface area (TPSA) is 72.1 Å². The fourth-order valence-corrected chi connectivity index (χ4v) is 3.82. The van der Waals surface area contributed by atoms with Gasteiger partial charge >= 0.3 is 0 Å². The third-order valence-electron chi connectivity index (χ3n) is 4.29. The molecule has 24 heavy (non-hydrogen) atoms. The Kier molecular flexibility index (Phi) is 4.25. The lowest BCUT2D eigenvalue weighted by molar-refractivity contribution is 0.0844. The number of piperidine rings is 1. The van der Waals surface area contributed by atoms with Crippen LogP contribution >= 0.6 is 0 Å². The smallest absolute Gasteiger partial charge is 0.287 e. The van der Waals surface area contributed by atoms with Gasteiger partial charge in [0.25, 0.3) is 5.91 Å². The number of furan rings is 1. The summed E-state index contributed by atoms with van der Waals surface area (Å²) in [5, 5.41) is 10.9. The summed E-state index contributed by atoms with van der Waals surface area (Å²) < 4.78 is 7.44. The Morgan fingerprint density at radius 3 is 2.67 bits per heavy atom. The summed E-state index contributed by atoms with van der Waals surface area (Å²) in [6.07, 6.45) is 5.37. The molecule has 2 aromatic heterocycles. The van der Waals surface area contributed by atoms with Crippen LogP contribution in [0.5, 0.6) is 0 Å². The predicted octanol–water partition coefficient (Wildman–Crippen LogP) is 2.56. The zero-order valence-electron chi connectivity index (χ0n) is 14.8. The van der Waals surface area contributed by atoms with Crippen LogP contribution in [0.1, 0.15) is 56.9 Å². The van der Waals surface area contributed by atoms with E-state index >= 15 is 0 Å². The molecule has 1 fully saturated rings. The number of nitrogens with zero attached hydrogens (tertiary/aromatic N) is 2. The van der Waals surface area contributed by atoms with Gasteiger partial charge in [-0.2, -0.15) is 5.10 Å². The Hall–Kier alpha value is -2.08. The Labute approximate surface area is 142 Å². The van der Waals surface area contributed by atoms with Gasteiger partial charge in [-0.25, -0.2) is 0 Å². The first-order chi connectivity index (χ1) is 11.2. The van der Waals surface area contributed by atoms with Crippen LogP contribution in [0.4, 0.5) is 0 Å². The SMILES string of the molecule is CC1(C)CC(NC(=O)c2ccc(Cn3cccn3)o2)CC(C)(C)N1. The van der Waals surface area contributed by atoms with E-state index in [2.05, 4.69) is 43.4 Å². The van der Waals surface area contributed by atoms with Gasteiger partial charge in [-0.15, -0.1) is 0 Å². The lowest BCUT2D eigenvalue weighted by Gasteiger charge is -2.46. The molecule has 0 bridgehead atoms. The number of carbonyl (C=O) groups is 1. The van der Waals surface area contributed by atoms with Gasteiger partial charge in [-0.1, -0.05) is 0 Å². The van der Waals surface area contributed by atoms with Crippen molar-refractivity contribution >= 4 is 5.91 Å². The molecule has 1 aliphatic heterocycles. The molecule has 3 heterocycles. The van der Waals surface area contributed by atoms with Crippen molar-refractivity contribution in [1.82, 2.24) is 20.4 Å². The standard InChI is InChI=1S/C18H26N4O2/c1-17(2)10-13(11-18(3,4)21-17)20-16(23)15-7-6-14(24-15)12-22-9-5-8-19-22/h5-9,13,21H,10-12H2,1-4H3,(H,20,23). The van der Waals surface area contributed by atoms with Crippen molar-refractivity contribution < 1.29 is 9.21 Å². The average molecular weight is 330 g/mol. The minimum Gasteiger partial charge on any atom is -0.454 e. The zero-order chi connectivity index (χ0) is 17.4. The van der Waals surface area contributed by atoms with Gasteiger partial charge in [0, 0.05) is 29.5 Å². The van der Waals surface area contributed by atoms with Gasteiger partial charge in [0.05, 0.1) is 6.54 Å². The number of carbonyl (C=O) groups excluding carboxylic acids is 1. The van der Waals surface area contributed by atoms with Gasteiger partial charge in [0.15, 0.2) is 5.76 Å². The maximum atomic E-state index is 12.5. The molecule has 3 rings (SSSR count). The van der Waals surface area contributed by atoms with Crippen LogP contribution in [0.15, 0.2) is 35.0 Å². The number of amides is 1.